The van der Waals surface area contributed by atoms with E-state index in [2.05, 4.69) is 0 Å². The fourth-order valence-electron chi connectivity index (χ4n) is 2.51. The van der Waals surface area contributed by atoms with E-state index >= 15 is 0 Å². The average molecular weight is 353 g/mol. The minimum absolute atomic E-state index is 0.0515. The van der Waals surface area contributed by atoms with E-state index in [-0.39, 0.29) is 32.1 Å². The number of primary amides is 1. The van der Waals surface area contributed by atoms with Crippen molar-refractivity contribution in [2.75, 3.05) is 19.8 Å². The molecule has 1 aliphatic heterocycles. The summed E-state index contributed by atoms with van der Waals surface area (Å²) in [6, 6.07) is 5.22. The van der Waals surface area contributed by atoms with Gasteiger partial charge in [-0.2, -0.15) is 0 Å². The van der Waals surface area contributed by atoms with E-state index in [0.29, 0.717) is 12.0 Å². The lowest BCUT2D eigenvalue weighted by Gasteiger charge is -2.23. The highest BCUT2D eigenvalue weighted by Crippen LogP contribution is 2.20. The molecule has 1 saturated heterocycles. The molecule has 25 heavy (non-hydrogen) atoms. The van der Waals surface area contributed by atoms with Gasteiger partial charge in [-0.3, -0.25) is 14.9 Å². The number of hydrogen-bond donors (Lipinski definition) is 2. The van der Waals surface area contributed by atoms with Crippen LogP contribution in [0.4, 0.5) is 10.5 Å². The number of nitrogens with zero attached hydrogens (tertiary/aromatic N) is 2. The largest absolute Gasteiger partial charge is 0.445 e. The summed E-state index contributed by atoms with van der Waals surface area (Å²) in [4.78, 5) is 34.3. The Kier molecular flexibility index (Phi) is 6.25. The fourth-order valence-corrected chi connectivity index (χ4v) is 2.51. The maximum absolute atomic E-state index is 12.2. The number of carbonyl (C=O) groups is 2. The standard InChI is InChI=1S/C15H19N3O7/c16-14(20)9-24-8-12-5-13(19)6-17(12)15(21)25-7-10-1-3-11(4-2-10)18(22)23/h1-4,12-13,19H,5-9H2,(H2,16,20)/t12-,13+/m0/s1. The molecule has 2 rings (SSSR count). The Balaban J connectivity index is 1.87. The molecule has 0 aliphatic carbocycles. The molecule has 0 saturated carbocycles. The molecule has 2 amide bonds. The van der Waals surface area contributed by atoms with Gasteiger partial charge in [0.25, 0.3) is 5.69 Å². The number of benzene rings is 1. The zero-order valence-electron chi connectivity index (χ0n) is 13.4. The maximum atomic E-state index is 12.2. The minimum Gasteiger partial charge on any atom is -0.445 e. The van der Waals surface area contributed by atoms with Crippen LogP contribution in [0.5, 0.6) is 0 Å². The van der Waals surface area contributed by atoms with Gasteiger partial charge in [0, 0.05) is 12.1 Å². The summed E-state index contributed by atoms with van der Waals surface area (Å²) in [5.41, 5.74) is 5.53. The quantitative estimate of drug-likeness (QED) is 0.525. The number of carbonyl (C=O) groups excluding carboxylic acids is 2. The van der Waals surface area contributed by atoms with Crippen LogP contribution in [0.15, 0.2) is 24.3 Å². The Bertz CT molecular complexity index is 635. The highest BCUT2D eigenvalue weighted by molar-refractivity contribution is 5.75. The molecule has 10 heteroatoms. The van der Waals surface area contributed by atoms with Gasteiger partial charge in [-0.05, 0) is 24.1 Å². The number of hydrogen-bond acceptors (Lipinski definition) is 7. The topological polar surface area (TPSA) is 145 Å². The molecule has 0 unspecified atom stereocenters. The number of rotatable bonds is 7. The number of aliphatic hydroxyl groups excluding tert-OH is 1. The molecule has 0 radical (unpaired) electrons. The molecule has 1 aromatic rings. The van der Waals surface area contributed by atoms with Gasteiger partial charge in [-0.15, -0.1) is 0 Å². The first-order valence-electron chi connectivity index (χ1n) is 7.57. The van der Waals surface area contributed by atoms with Gasteiger partial charge >= 0.3 is 6.09 Å². The molecule has 2 atom stereocenters. The van der Waals surface area contributed by atoms with Crippen molar-refractivity contribution in [3.8, 4) is 0 Å². The molecule has 0 aromatic heterocycles. The molecule has 1 heterocycles. The minimum atomic E-state index is -0.700. The molecule has 0 bridgehead atoms. The van der Waals surface area contributed by atoms with Crippen LogP contribution in [0.1, 0.15) is 12.0 Å². The van der Waals surface area contributed by atoms with Crippen LogP contribution in [-0.4, -0.2) is 58.8 Å². The highest BCUT2D eigenvalue weighted by Gasteiger charge is 2.35. The Labute approximate surface area is 143 Å². The summed E-state index contributed by atoms with van der Waals surface area (Å²) < 4.78 is 10.3. The molecule has 1 aliphatic rings. The first-order valence-corrected chi connectivity index (χ1v) is 7.57. The third kappa shape index (κ3) is 5.40. The van der Waals surface area contributed by atoms with Gasteiger partial charge in [0.05, 0.1) is 30.2 Å². The molecule has 136 valence electrons. The van der Waals surface area contributed by atoms with E-state index in [9.17, 15) is 24.8 Å². The van der Waals surface area contributed by atoms with Crippen LogP contribution < -0.4 is 5.73 Å². The van der Waals surface area contributed by atoms with Crippen molar-refractivity contribution in [3.05, 3.63) is 39.9 Å². The highest BCUT2D eigenvalue weighted by atomic mass is 16.6. The van der Waals surface area contributed by atoms with E-state index in [1.54, 1.807) is 0 Å². The Morgan fingerprint density at radius 2 is 2.04 bits per heavy atom. The predicted molar refractivity (Wildman–Crippen MR) is 84.4 cm³/mol. The fraction of sp³-hybridized carbons (Fsp3) is 0.467. The van der Waals surface area contributed by atoms with Gasteiger partial charge in [0.2, 0.25) is 5.91 Å². The molecule has 10 nitrogen and oxygen atoms in total. The van der Waals surface area contributed by atoms with Crippen LogP contribution in [-0.2, 0) is 20.9 Å². The normalized spacial score (nSPS) is 19.6. The van der Waals surface area contributed by atoms with Crippen LogP contribution in [0, 0.1) is 10.1 Å². The first-order chi connectivity index (χ1) is 11.9. The summed E-state index contributed by atoms with van der Waals surface area (Å²) >= 11 is 0. The van der Waals surface area contributed by atoms with Crippen molar-refractivity contribution in [1.29, 1.82) is 0 Å². The van der Waals surface area contributed by atoms with E-state index in [1.807, 2.05) is 0 Å². The monoisotopic (exact) mass is 353 g/mol. The average Bonchev–Trinajstić information content (AvgIpc) is 2.93. The number of aliphatic hydroxyl groups is 1. The molecular weight excluding hydrogens is 334 g/mol. The van der Waals surface area contributed by atoms with Crippen LogP contribution in [0.3, 0.4) is 0 Å². The maximum Gasteiger partial charge on any atom is 0.410 e. The number of ether oxygens (including phenoxy) is 2. The predicted octanol–water partition coefficient (Wildman–Crippen LogP) is 0.169. The lowest BCUT2D eigenvalue weighted by atomic mass is 10.2. The number of nitrogens with two attached hydrogens (primary N) is 1. The van der Waals surface area contributed by atoms with Gasteiger partial charge < -0.3 is 25.2 Å². The lowest BCUT2D eigenvalue weighted by molar-refractivity contribution is -0.384. The van der Waals surface area contributed by atoms with E-state index < -0.39 is 29.1 Å². The number of likely N-dealkylation sites (tertiary alicyclic amines) is 1. The summed E-state index contributed by atoms with van der Waals surface area (Å²) in [5.74, 6) is -0.620. The van der Waals surface area contributed by atoms with Crippen LogP contribution in [0.2, 0.25) is 0 Å². The SMILES string of the molecule is NC(=O)COC[C@@H]1C[C@@H](O)CN1C(=O)OCc1ccc([N+](=O)[O-])cc1. The molecule has 3 N–H and O–H groups in total. The van der Waals surface area contributed by atoms with Crippen molar-refractivity contribution in [1.82, 2.24) is 4.90 Å². The second-order valence-electron chi connectivity index (χ2n) is 5.66. The summed E-state index contributed by atoms with van der Waals surface area (Å²) in [6.45, 7) is -0.160. The first kappa shape index (κ1) is 18.6. The van der Waals surface area contributed by atoms with E-state index in [1.165, 1.54) is 29.2 Å². The number of amides is 2. The Morgan fingerprint density at radius 1 is 1.36 bits per heavy atom. The lowest BCUT2D eigenvalue weighted by Crippen LogP contribution is -2.39. The number of non-ortho nitro benzene ring substituents is 1. The van der Waals surface area contributed by atoms with Gasteiger partial charge in [-0.1, -0.05) is 0 Å². The summed E-state index contributed by atoms with van der Waals surface area (Å²) in [7, 11) is 0. The third-order valence-corrected chi connectivity index (χ3v) is 3.69. The van der Waals surface area contributed by atoms with Crippen molar-refractivity contribution in [2.24, 2.45) is 5.73 Å². The zero-order valence-corrected chi connectivity index (χ0v) is 13.4. The summed E-state index contributed by atoms with van der Waals surface area (Å²) in [5, 5.41) is 20.3. The van der Waals surface area contributed by atoms with Crippen molar-refractivity contribution in [2.45, 2.75) is 25.2 Å². The second kappa shape index (κ2) is 8.40. The van der Waals surface area contributed by atoms with Crippen molar-refractivity contribution >= 4 is 17.7 Å². The van der Waals surface area contributed by atoms with E-state index in [4.69, 9.17) is 15.2 Å². The number of nitro benzene ring substituents is 1. The molecule has 0 spiro atoms. The van der Waals surface area contributed by atoms with Gasteiger partial charge in [0.1, 0.15) is 13.2 Å². The Hall–Kier alpha value is -2.72. The van der Waals surface area contributed by atoms with Crippen molar-refractivity contribution in [3.63, 3.8) is 0 Å². The molecule has 1 aromatic carbocycles. The summed E-state index contributed by atoms with van der Waals surface area (Å²) in [6.07, 6.45) is -1.03. The zero-order chi connectivity index (χ0) is 18.4. The van der Waals surface area contributed by atoms with Crippen molar-refractivity contribution < 1.29 is 29.1 Å². The van der Waals surface area contributed by atoms with E-state index in [0.717, 1.165) is 0 Å². The molecular formula is C15H19N3O7. The van der Waals surface area contributed by atoms with Crippen LogP contribution >= 0.6 is 0 Å². The van der Waals surface area contributed by atoms with Gasteiger partial charge in [-0.25, -0.2) is 4.79 Å². The smallest absolute Gasteiger partial charge is 0.410 e. The third-order valence-electron chi connectivity index (χ3n) is 3.69. The molecule has 1 fully saturated rings. The van der Waals surface area contributed by atoms with Gasteiger partial charge in [0.15, 0.2) is 0 Å². The number of nitro groups is 1. The second-order valence-corrected chi connectivity index (χ2v) is 5.66. The van der Waals surface area contributed by atoms with Crippen LogP contribution in [0.25, 0.3) is 0 Å². The Morgan fingerprint density at radius 3 is 2.64 bits per heavy atom. The number of β-amino-alcohol motifs (C(OH)–C–C–N with tert-alkyl or cyclic N) is 1.